The van der Waals surface area contributed by atoms with E-state index in [4.69, 9.17) is 14.2 Å². The van der Waals surface area contributed by atoms with E-state index in [0.717, 1.165) is 14.7 Å². The second kappa shape index (κ2) is 7.76. The maximum absolute atomic E-state index is 12.7. The summed E-state index contributed by atoms with van der Waals surface area (Å²) < 4.78 is 19.1. The summed E-state index contributed by atoms with van der Waals surface area (Å²) in [6, 6.07) is 10.7. The monoisotopic (exact) mass is 462 g/mol. The van der Waals surface area contributed by atoms with Crippen LogP contribution in [0.1, 0.15) is 16.8 Å². The molecule has 0 atom stereocenters. The van der Waals surface area contributed by atoms with Crippen molar-refractivity contribution in [2.45, 2.75) is 13.0 Å². The Morgan fingerprint density at radius 1 is 1.25 bits per heavy atom. The maximum atomic E-state index is 12.7. The Bertz CT molecular complexity index is 1150. The number of thiazole rings is 1. The predicted octanol–water partition coefficient (Wildman–Crippen LogP) is 3.50. The molecule has 0 N–H and O–H groups in total. The van der Waals surface area contributed by atoms with Crippen LogP contribution in [0.5, 0.6) is 11.5 Å². The van der Waals surface area contributed by atoms with Crippen LogP contribution in [-0.2, 0) is 16.1 Å². The van der Waals surface area contributed by atoms with Crippen LogP contribution in [0.15, 0.2) is 45.9 Å². The van der Waals surface area contributed by atoms with Gasteiger partial charge < -0.3 is 18.8 Å². The Morgan fingerprint density at radius 3 is 2.79 bits per heavy atom. The van der Waals surface area contributed by atoms with Crippen LogP contribution in [0.2, 0.25) is 0 Å². The van der Waals surface area contributed by atoms with Crippen molar-refractivity contribution in [3.8, 4) is 11.5 Å². The molecule has 7 nitrogen and oxygen atoms in total. The van der Waals surface area contributed by atoms with Gasteiger partial charge in [0.05, 0.1) is 23.7 Å². The standard InChI is InChI=1S/C19H15BrN2O5S/c1-25-17(23)5-6-22-13-8-14-15(27-10-26-14)9-16(13)28-19(22)21-18(24)11-3-2-4-12(20)7-11/h2-4,7-9H,5-6,10H2,1H3. The Balaban J connectivity index is 1.81. The molecule has 144 valence electrons. The van der Waals surface area contributed by atoms with Crippen LogP contribution >= 0.6 is 27.3 Å². The van der Waals surface area contributed by atoms with Crippen LogP contribution in [-0.4, -0.2) is 30.3 Å². The number of aryl methyl sites for hydroxylation is 1. The van der Waals surface area contributed by atoms with Gasteiger partial charge >= 0.3 is 5.97 Å². The SMILES string of the molecule is COC(=O)CCn1c(=NC(=O)c2cccc(Br)c2)sc2cc3c(cc21)OCO3. The molecule has 4 rings (SSSR count). The van der Waals surface area contributed by atoms with Gasteiger partial charge in [-0.05, 0) is 18.2 Å². The van der Waals surface area contributed by atoms with Crippen molar-refractivity contribution < 1.29 is 23.8 Å². The Hall–Kier alpha value is -2.65. The molecule has 3 aromatic rings. The molecule has 1 amide bonds. The van der Waals surface area contributed by atoms with Crippen molar-refractivity contribution in [3.05, 3.63) is 51.2 Å². The molecule has 28 heavy (non-hydrogen) atoms. The zero-order valence-corrected chi connectivity index (χ0v) is 17.2. The Morgan fingerprint density at radius 2 is 2.04 bits per heavy atom. The summed E-state index contributed by atoms with van der Waals surface area (Å²) in [6.45, 7) is 0.504. The molecule has 0 aliphatic carbocycles. The van der Waals surface area contributed by atoms with Gasteiger partial charge in [-0.25, -0.2) is 0 Å². The number of hydrogen-bond donors (Lipinski definition) is 0. The van der Waals surface area contributed by atoms with Crippen LogP contribution in [0.4, 0.5) is 0 Å². The molecule has 0 saturated heterocycles. The average Bonchev–Trinajstić information content (AvgIpc) is 3.27. The molecule has 9 heteroatoms. The highest BCUT2D eigenvalue weighted by molar-refractivity contribution is 9.10. The van der Waals surface area contributed by atoms with Crippen LogP contribution in [0.3, 0.4) is 0 Å². The molecule has 2 aromatic carbocycles. The first-order valence-electron chi connectivity index (χ1n) is 8.39. The van der Waals surface area contributed by atoms with Crippen molar-refractivity contribution in [2.24, 2.45) is 4.99 Å². The molecule has 1 aromatic heterocycles. The summed E-state index contributed by atoms with van der Waals surface area (Å²) in [6.07, 6.45) is 0.162. The first-order chi connectivity index (χ1) is 13.5. The number of halogens is 1. The second-order valence-corrected chi connectivity index (χ2v) is 7.89. The van der Waals surface area contributed by atoms with Crippen molar-refractivity contribution in [3.63, 3.8) is 0 Å². The minimum atomic E-state index is -0.361. The van der Waals surface area contributed by atoms with E-state index in [1.165, 1.54) is 18.4 Å². The number of methoxy groups -OCH3 is 1. The van der Waals surface area contributed by atoms with E-state index in [-0.39, 0.29) is 25.1 Å². The van der Waals surface area contributed by atoms with E-state index >= 15 is 0 Å². The molecule has 0 bridgehead atoms. The lowest BCUT2D eigenvalue weighted by Crippen LogP contribution is -2.19. The normalized spacial score (nSPS) is 13.1. The van der Waals surface area contributed by atoms with E-state index in [1.807, 2.05) is 22.8 Å². The van der Waals surface area contributed by atoms with Crippen LogP contribution < -0.4 is 14.3 Å². The van der Waals surface area contributed by atoms with Crippen molar-refractivity contribution in [1.82, 2.24) is 4.57 Å². The van der Waals surface area contributed by atoms with Gasteiger partial charge in [-0.1, -0.05) is 33.3 Å². The largest absolute Gasteiger partial charge is 0.469 e. The molecule has 0 spiro atoms. The number of nitrogens with zero attached hydrogens (tertiary/aromatic N) is 2. The fraction of sp³-hybridized carbons (Fsp3) is 0.211. The van der Waals surface area contributed by atoms with E-state index in [0.29, 0.717) is 28.4 Å². The first kappa shape index (κ1) is 18.7. The molecule has 0 unspecified atom stereocenters. The zero-order chi connectivity index (χ0) is 19.7. The molecule has 1 aliphatic heterocycles. The first-order valence-corrected chi connectivity index (χ1v) is 10.0. The fourth-order valence-corrected chi connectivity index (χ4v) is 4.30. The number of carbonyl (C=O) groups is 2. The molecule has 0 saturated carbocycles. The summed E-state index contributed by atoms with van der Waals surface area (Å²) in [5, 5.41) is 0. The minimum Gasteiger partial charge on any atom is -0.469 e. The quantitative estimate of drug-likeness (QED) is 0.554. The fourth-order valence-electron chi connectivity index (χ4n) is 2.84. The number of esters is 1. The third-order valence-corrected chi connectivity index (χ3v) is 5.75. The number of benzene rings is 2. The Labute approximate surface area is 172 Å². The van der Waals surface area contributed by atoms with Gasteiger partial charge in [-0.3, -0.25) is 9.59 Å². The van der Waals surface area contributed by atoms with Gasteiger partial charge in [0.25, 0.3) is 5.91 Å². The van der Waals surface area contributed by atoms with Crippen molar-refractivity contribution >= 4 is 49.4 Å². The van der Waals surface area contributed by atoms with Crippen LogP contribution in [0, 0.1) is 0 Å². The van der Waals surface area contributed by atoms with E-state index in [9.17, 15) is 9.59 Å². The lowest BCUT2D eigenvalue weighted by molar-refractivity contribution is -0.140. The van der Waals surface area contributed by atoms with Crippen LogP contribution in [0.25, 0.3) is 10.2 Å². The van der Waals surface area contributed by atoms with Gasteiger partial charge in [0, 0.05) is 28.7 Å². The summed E-state index contributed by atoms with van der Waals surface area (Å²) in [5.41, 5.74) is 1.29. The van der Waals surface area contributed by atoms with Gasteiger partial charge in [0.15, 0.2) is 16.3 Å². The lowest BCUT2D eigenvalue weighted by atomic mass is 10.2. The minimum absolute atomic E-state index is 0.162. The van der Waals surface area contributed by atoms with E-state index in [1.54, 1.807) is 18.2 Å². The number of ether oxygens (including phenoxy) is 3. The molecule has 0 fully saturated rings. The van der Waals surface area contributed by atoms with E-state index in [2.05, 4.69) is 20.9 Å². The van der Waals surface area contributed by atoms with Gasteiger partial charge in [-0.15, -0.1) is 0 Å². The highest BCUT2D eigenvalue weighted by Gasteiger charge is 2.18. The number of amides is 1. The van der Waals surface area contributed by atoms with Gasteiger partial charge in [-0.2, -0.15) is 4.99 Å². The van der Waals surface area contributed by atoms with Gasteiger partial charge in [0.1, 0.15) is 0 Å². The van der Waals surface area contributed by atoms with Crippen molar-refractivity contribution in [2.75, 3.05) is 13.9 Å². The van der Waals surface area contributed by atoms with Crippen molar-refractivity contribution in [1.29, 1.82) is 0 Å². The molecule has 2 heterocycles. The second-order valence-electron chi connectivity index (χ2n) is 5.96. The van der Waals surface area contributed by atoms with Gasteiger partial charge in [0.2, 0.25) is 6.79 Å². The smallest absolute Gasteiger partial charge is 0.307 e. The Kier molecular flexibility index (Phi) is 5.19. The number of fused-ring (bicyclic) bond motifs is 2. The third kappa shape index (κ3) is 3.67. The molecule has 0 radical (unpaired) electrons. The molecule has 1 aliphatic rings. The topological polar surface area (TPSA) is 79.1 Å². The zero-order valence-electron chi connectivity index (χ0n) is 14.8. The van der Waals surface area contributed by atoms with E-state index < -0.39 is 0 Å². The highest BCUT2D eigenvalue weighted by Crippen LogP contribution is 2.37. The third-order valence-electron chi connectivity index (χ3n) is 4.21. The number of carbonyl (C=O) groups excluding carboxylic acids is 2. The number of aromatic nitrogens is 1. The predicted molar refractivity (Wildman–Crippen MR) is 107 cm³/mol. The highest BCUT2D eigenvalue weighted by atomic mass is 79.9. The number of rotatable bonds is 4. The maximum Gasteiger partial charge on any atom is 0.307 e. The number of hydrogen-bond acceptors (Lipinski definition) is 6. The average molecular weight is 463 g/mol. The summed E-state index contributed by atoms with van der Waals surface area (Å²) in [5.74, 6) is 0.581. The molecular weight excluding hydrogens is 448 g/mol. The summed E-state index contributed by atoms with van der Waals surface area (Å²) in [4.78, 5) is 29.1. The summed E-state index contributed by atoms with van der Waals surface area (Å²) >= 11 is 4.71. The molecular formula is C19H15BrN2O5S. The lowest BCUT2D eigenvalue weighted by Gasteiger charge is -2.05. The summed E-state index contributed by atoms with van der Waals surface area (Å²) in [7, 11) is 1.35.